The van der Waals surface area contributed by atoms with E-state index >= 15 is 0 Å². The van der Waals surface area contributed by atoms with Crippen molar-refractivity contribution in [3.8, 4) is 0 Å². The monoisotopic (exact) mass is 314 g/mol. The van der Waals surface area contributed by atoms with E-state index < -0.39 is 0 Å². The molecule has 0 saturated carbocycles. The van der Waals surface area contributed by atoms with Crippen LogP contribution < -0.4 is 10.2 Å². The Morgan fingerprint density at radius 3 is 2.74 bits per heavy atom. The number of halogens is 1. The average molecular weight is 314 g/mol. The van der Waals surface area contributed by atoms with Crippen LogP contribution in [0.5, 0.6) is 0 Å². The van der Waals surface area contributed by atoms with Crippen molar-refractivity contribution in [1.82, 2.24) is 19.9 Å². The lowest BCUT2D eigenvalue weighted by Gasteiger charge is -2.22. The maximum absolute atomic E-state index is 14.3. The highest BCUT2D eigenvalue weighted by Gasteiger charge is 2.10. The number of nitrogens with zero attached hydrogens (tertiary/aromatic N) is 4. The second-order valence-corrected chi connectivity index (χ2v) is 5.14. The lowest BCUT2D eigenvalue weighted by molar-refractivity contribution is 0.618. The standard InChI is InChI=1S/C16H19FN6/c1-3-23(4-2)13-6-5-11(7-12(13)17)8-18-15-14-16(20-9-19-14)22-10-21-15/h5-7,9-10H,3-4,8H2,1-2H3,(H2,18,19,20,21,22). The number of aromatic amines is 1. The Balaban J connectivity index is 1.76. The zero-order valence-corrected chi connectivity index (χ0v) is 13.2. The minimum absolute atomic E-state index is 0.206. The van der Waals surface area contributed by atoms with Gasteiger partial charge in [-0.15, -0.1) is 0 Å². The number of benzene rings is 1. The van der Waals surface area contributed by atoms with E-state index in [1.54, 1.807) is 12.4 Å². The molecule has 2 heterocycles. The molecule has 2 N–H and O–H groups in total. The van der Waals surface area contributed by atoms with Crippen LogP contribution in [0.4, 0.5) is 15.9 Å². The first kappa shape index (κ1) is 15.2. The first-order chi connectivity index (χ1) is 11.2. The Morgan fingerprint density at radius 1 is 1.17 bits per heavy atom. The number of H-pyrrole nitrogens is 1. The summed E-state index contributed by atoms with van der Waals surface area (Å²) in [7, 11) is 0. The summed E-state index contributed by atoms with van der Waals surface area (Å²) in [6.07, 6.45) is 3.03. The molecule has 0 spiro atoms. The fourth-order valence-corrected chi connectivity index (χ4v) is 2.57. The van der Waals surface area contributed by atoms with Gasteiger partial charge < -0.3 is 15.2 Å². The summed E-state index contributed by atoms with van der Waals surface area (Å²) >= 11 is 0. The summed E-state index contributed by atoms with van der Waals surface area (Å²) in [5.41, 5.74) is 2.83. The Labute approximate surface area is 133 Å². The molecule has 7 heteroatoms. The van der Waals surface area contributed by atoms with Crippen molar-refractivity contribution >= 4 is 22.7 Å². The van der Waals surface area contributed by atoms with Gasteiger partial charge in [0.2, 0.25) is 0 Å². The normalized spacial score (nSPS) is 10.9. The molecule has 3 aromatic rings. The van der Waals surface area contributed by atoms with Crippen LogP contribution in [0.15, 0.2) is 30.9 Å². The fraction of sp³-hybridized carbons (Fsp3) is 0.312. The zero-order chi connectivity index (χ0) is 16.2. The first-order valence-corrected chi connectivity index (χ1v) is 7.64. The largest absolute Gasteiger partial charge is 0.370 e. The number of imidazole rings is 1. The van der Waals surface area contributed by atoms with E-state index in [0.29, 0.717) is 23.7 Å². The zero-order valence-electron chi connectivity index (χ0n) is 13.2. The molecule has 1 aromatic carbocycles. The maximum Gasteiger partial charge on any atom is 0.182 e. The third kappa shape index (κ3) is 3.08. The van der Waals surface area contributed by atoms with Crippen molar-refractivity contribution in [2.24, 2.45) is 0 Å². The van der Waals surface area contributed by atoms with E-state index in [1.807, 2.05) is 30.9 Å². The topological polar surface area (TPSA) is 69.7 Å². The molecule has 0 fully saturated rings. The quantitative estimate of drug-likeness (QED) is 0.732. The Hall–Kier alpha value is -2.70. The highest BCUT2D eigenvalue weighted by molar-refractivity contribution is 5.81. The Kier molecular flexibility index (Phi) is 4.36. The molecule has 6 nitrogen and oxygen atoms in total. The summed E-state index contributed by atoms with van der Waals surface area (Å²) < 4.78 is 14.3. The molecular weight excluding hydrogens is 295 g/mol. The second kappa shape index (κ2) is 6.60. The van der Waals surface area contributed by atoms with Gasteiger partial charge in [-0.2, -0.15) is 0 Å². The summed E-state index contributed by atoms with van der Waals surface area (Å²) in [5.74, 6) is 0.447. The molecule has 0 aliphatic rings. The van der Waals surface area contributed by atoms with Crippen LogP contribution in [0.25, 0.3) is 11.2 Å². The predicted molar refractivity (Wildman–Crippen MR) is 89.0 cm³/mol. The van der Waals surface area contributed by atoms with Crippen molar-refractivity contribution in [2.45, 2.75) is 20.4 Å². The van der Waals surface area contributed by atoms with Gasteiger partial charge in [0, 0.05) is 19.6 Å². The van der Waals surface area contributed by atoms with Crippen molar-refractivity contribution < 1.29 is 4.39 Å². The third-order valence-corrected chi connectivity index (χ3v) is 3.80. The molecule has 0 unspecified atom stereocenters. The lowest BCUT2D eigenvalue weighted by atomic mass is 10.1. The van der Waals surface area contributed by atoms with Gasteiger partial charge in [0.25, 0.3) is 0 Å². The SMILES string of the molecule is CCN(CC)c1ccc(CNc2ncnc3nc[nH]c23)cc1F. The molecule has 0 atom stereocenters. The smallest absolute Gasteiger partial charge is 0.182 e. The number of nitrogens with one attached hydrogen (secondary N) is 2. The fourth-order valence-electron chi connectivity index (χ4n) is 2.57. The lowest BCUT2D eigenvalue weighted by Crippen LogP contribution is -2.23. The van der Waals surface area contributed by atoms with Crippen LogP contribution in [0.2, 0.25) is 0 Å². The van der Waals surface area contributed by atoms with Crippen molar-refractivity contribution in [2.75, 3.05) is 23.3 Å². The minimum Gasteiger partial charge on any atom is -0.370 e. The van der Waals surface area contributed by atoms with Crippen LogP contribution in [0, 0.1) is 5.82 Å². The molecule has 0 saturated heterocycles. The molecule has 120 valence electrons. The van der Waals surface area contributed by atoms with Gasteiger partial charge in [0.1, 0.15) is 17.7 Å². The van der Waals surface area contributed by atoms with E-state index in [4.69, 9.17) is 0 Å². The third-order valence-electron chi connectivity index (χ3n) is 3.80. The van der Waals surface area contributed by atoms with Crippen LogP contribution in [-0.2, 0) is 6.54 Å². The van der Waals surface area contributed by atoms with Gasteiger partial charge in [-0.25, -0.2) is 19.3 Å². The molecule has 0 amide bonds. The Bertz CT molecular complexity index is 796. The molecule has 0 aliphatic carbocycles. The Morgan fingerprint density at radius 2 is 2.00 bits per heavy atom. The molecule has 0 bridgehead atoms. The van der Waals surface area contributed by atoms with Crippen molar-refractivity contribution in [3.05, 3.63) is 42.2 Å². The van der Waals surface area contributed by atoms with E-state index in [2.05, 4.69) is 25.3 Å². The van der Waals surface area contributed by atoms with Crippen LogP contribution in [0.3, 0.4) is 0 Å². The molecule has 23 heavy (non-hydrogen) atoms. The van der Waals surface area contributed by atoms with Crippen LogP contribution >= 0.6 is 0 Å². The van der Waals surface area contributed by atoms with Gasteiger partial charge in [0.05, 0.1) is 12.0 Å². The maximum atomic E-state index is 14.3. The van der Waals surface area contributed by atoms with E-state index in [9.17, 15) is 4.39 Å². The molecule has 3 rings (SSSR count). The van der Waals surface area contributed by atoms with Crippen LogP contribution in [0.1, 0.15) is 19.4 Å². The van der Waals surface area contributed by atoms with Crippen LogP contribution in [-0.4, -0.2) is 33.0 Å². The average Bonchev–Trinajstić information content (AvgIpc) is 3.05. The number of rotatable bonds is 6. The summed E-state index contributed by atoms with van der Waals surface area (Å²) in [4.78, 5) is 17.3. The number of fused-ring (bicyclic) bond motifs is 1. The minimum atomic E-state index is -0.206. The van der Waals surface area contributed by atoms with Gasteiger partial charge >= 0.3 is 0 Å². The highest BCUT2D eigenvalue weighted by Crippen LogP contribution is 2.21. The van der Waals surface area contributed by atoms with Gasteiger partial charge in [-0.1, -0.05) is 6.07 Å². The van der Waals surface area contributed by atoms with E-state index in [0.717, 1.165) is 24.2 Å². The molecule has 2 aromatic heterocycles. The highest BCUT2D eigenvalue weighted by atomic mass is 19.1. The second-order valence-electron chi connectivity index (χ2n) is 5.14. The van der Waals surface area contributed by atoms with Gasteiger partial charge in [-0.3, -0.25) is 0 Å². The van der Waals surface area contributed by atoms with E-state index in [-0.39, 0.29) is 5.82 Å². The van der Waals surface area contributed by atoms with Gasteiger partial charge in [0.15, 0.2) is 11.5 Å². The predicted octanol–water partition coefficient (Wildman–Crippen LogP) is 2.95. The number of aromatic nitrogens is 4. The number of hydrogen-bond acceptors (Lipinski definition) is 5. The summed E-state index contributed by atoms with van der Waals surface area (Å²) in [6.45, 7) is 6.07. The molecule has 0 aliphatic heterocycles. The summed E-state index contributed by atoms with van der Waals surface area (Å²) in [5, 5.41) is 3.19. The van der Waals surface area contributed by atoms with Crippen molar-refractivity contribution in [3.63, 3.8) is 0 Å². The number of anilines is 2. The molecule has 0 radical (unpaired) electrons. The van der Waals surface area contributed by atoms with E-state index in [1.165, 1.54) is 6.33 Å². The molecular formula is C16H19FN6. The number of hydrogen-bond donors (Lipinski definition) is 2. The van der Waals surface area contributed by atoms with Gasteiger partial charge in [-0.05, 0) is 31.5 Å². The first-order valence-electron chi connectivity index (χ1n) is 7.64. The summed E-state index contributed by atoms with van der Waals surface area (Å²) in [6, 6.07) is 5.31. The van der Waals surface area contributed by atoms with Crippen molar-refractivity contribution in [1.29, 1.82) is 0 Å².